The van der Waals surface area contributed by atoms with Crippen LogP contribution in [0.2, 0.25) is 0 Å². The minimum Gasteiger partial charge on any atom is -0.466 e. The number of rotatable bonds is 7. The predicted molar refractivity (Wildman–Crippen MR) is 86.7 cm³/mol. The van der Waals surface area contributed by atoms with E-state index in [0.717, 1.165) is 23.4 Å². The Morgan fingerprint density at radius 2 is 2.18 bits per heavy atom. The summed E-state index contributed by atoms with van der Waals surface area (Å²) in [7, 11) is 1.31. The summed E-state index contributed by atoms with van der Waals surface area (Å²) in [5, 5.41) is 3.78. The molecule has 0 saturated carbocycles. The van der Waals surface area contributed by atoms with Crippen molar-refractivity contribution in [3.8, 4) is 0 Å². The number of para-hydroxylation sites is 1. The molecule has 0 aliphatic rings. The van der Waals surface area contributed by atoms with Crippen LogP contribution in [0, 0.1) is 0 Å². The number of esters is 1. The molecule has 2 rings (SSSR count). The quantitative estimate of drug-likeness (QED) is 0.629. The van der Waals surface area contributed by atoms with Gasteiger partial charge in [-0.1, -0.05) is 18.2 Å². The van der Waals surface area contributed by atoms with Crippen LogP contribution in [0.25, 0.3) is 10.2 Å². The highest BCUT2D eigenvalue weighted by Crippen LogP contribution is 2.22. The number of carbonyl (C=O) groups is 2. The molecule has 0 bridgehead atoms. The number of aromatic nitrogens is 1. The van der Waals surface area contributed by atoms with E-state index in [1.807, 2.05) is 18.2 Å². The van der Waals surface area contributed by atoms with Crippen molar-refractivity contribution in [2.45, 2.75) is 19.3 Å². The first-order chi connectivity index (χ1) is 10.7. The number of amides is 1. The van der Waals surface area contributed by atoms with Gasteiger partial charge in [-0.05, 0) is 25.0 Å². The Bertz CT molecular complexity index is 646. The first-order valence-corrected chi connectivity index (χ1v) is 7.86. The van der Waals surface area contributed by atoms with E-state index < -0.39 is 5.97 Å². The summed E-state index contributed by atoms with van der Waals surface area (Å²) in [6.07, 6.45) is 4.86. The van der Waals surface area contributed by atoms with Gasteiger partial charge in [-0.3, -0.25) is 4.79 Å². The Morgan fingerprint density at radius 1 is 1.36 bits per heavy atom. The Kier molecular flexibility index (Phi) is 6.09. The Balaban J connectivity index is 1.68. The number of benzene rings is 1. The molecule has 0 unspecified atom stereocenters. The second-order valence-electron chi connectivity index (χ2n) is 4.66. The van der Waals surface area contributed by atoms with E-state index in [2.05, 4.69) is 21.1 Å². The lowest BCUT2D eigenvalue weighted by Gasteiger charge is -2.01. The molecule has 1 amide bonds. The topological polar surface area (TPSA) is 68.3 Å². The molecular weight excluding hydrogens is 300 g/mol. The smallest absolute Gasteiger partial charge is 0.330 e. The summed E-state index contributed by atoms with van der Waals surface area (Å²) >= 11 is 1.67. The van der Waals surface area contributed by atoms with Gasteiger partial charge in [0.05, 0.1) is 22.3 Å². The van der Waals surface area contributed by atoms with E-state index in [-0.39, 0.29) is 5.91 Å². The minimum atomic E-state index is -0.426. The molecule has 5 nitrogen and oxygen atoms in total. The summed E-state index contributed by atoms with van der Waals surface area (Å²) in [6.45, 7) is 0.328. The molecule has 0 aliphatic carbocycles. The van der Waals surface area contributed by atoms with Crippen LogP contribution in [0.1, 0.15) is 17.8 Å². The predicted octanol–water partition coefficient (Wildman–Crippen LogP) is 2.46. The molecule has 22 heavy (non-hydrogen) atoms. The molecule has 0 aliphatic heterocycles. The van der Waals surface area contributed by atoms with Crippen LogP contribution in [-0.4, -0.2) is 30.5 Å². The molecule has 1 N–H and O–H groups in total. The molecule has 0 saturated heterocycles. The van der Waals surface area contributed by atoms with Crippen molar-refractivity contribution in [1.29, 1.82) is 0 Å². The molecule has 116 valence electrons. The van der Waals surface area contributed by atoms with E-state index in [1.54, 1.807) is 17.4 Å². The number of nitrogens with zero attached hydrogens (tertiary/aromatic N) is 1. The van der Waals surface area contributed by atoms with Gasteiger partial charge in [0.25, 0.3) is 0 Å². The Labute approximate surface area is 133 Å². The van der Waals surface area contributed by atoms with Crippen molar-refractivity contribution in [2.24, 2.45) is 0 Å². The van der Waals surface area contributed by atoms with Crippen LogP contribution in [0.4, 0.5) is 0 Å². The third kappa shape index (κ3) is 4.96. The monoisotopic (exact) mass is 318 g/mol. The summed E-state index contributed by atoms with van der Waals surface area (Å²) in [6, 6.07) is 8.02. The van der Waals surface area contributed by atoms with Crippen LogP contribution >= 0.6 is 11.3 Å². The van der Waals surface area contributed by atoms with E-state index >= 15 is 0 Å². The fourth-order valence-corrected chi connectivity index (χ4v) is 2.92. The molecule has 0 atom stereocenters. The van der Waals surface area contributed by atoms with Gasteiger partial charge in [0.2, 0.25) is 5.91 Å². The summed E-state index contributed by atoms with van der Waals surface area (Å²) in [5.74, 6) is -0.458. The number of aryl methyl sites for hydroxylation is 1. The lowest BCUT2D eigenvalue weighted by Crippen LogP contribution is -2.23. The number of nitrogens with one attached hydrogen (secondary N) is 1. The van der Waals surface area contributed by atoms with Gasteiger partial charge in [0.15, 0.2) is 0 Å². The van der Waals surface area contributed by atoms with Gasteiger partial charge in [-0.2, -0.15) is 0 Å². The van der Waals surface area contributed by atoms with Gasteiger partial charge in [-0.15, -0.1) is 11.3 Å². The third-order valence-electron chi connectivity index (χ3n) is 3.00. The highest BCUT2D eigenvalue weighted by Gasteiger charge is 2.05. The number of carbonyl (C=O) groups excluding carboxylic acids is 2. The average Bonchev–Trinajstić information content (AvgIpc) is 2.94. The fourth-order valence-electron chi connectivity index (χ4n) is 1.91. The van der Waals surface area contributed by atoms with Gasteiger partial charge in [0.1, 0.15) is 0 Å². The number of hydrogen-bond acceptors (Lipinski definition) is 5. The number of thiazole rings is 1. The van der Waals surface area contributed by atoms with E-state index in [4.69, 9.17) is 0 Å². The largest absolute Gasteiger partial charge is 0.466 e. The van der Waals surface area contributed by atoms with Crippen molar-refractivity contribution >= 4 is 33.4 Å². The van der Waals surface area contributed by atoms with E-state index in [9.17, 15) is 9.59 Å². The fraction of sp³-hybridized carbons (Fsp3) is 0.312. The Hall–Kier alpha value is -2.21. The van der Waals surface area contributed by atoms with E-state index in [1.165, 1.54) is 17.9 Å². The zero-order valence-corrected chi connectivity index (χ0v) is 13.2. The Morgan fingerprint density at radius 3 is 2.95 bits per heavy atom. The van der Waals surface area contributed by atoms with Gasteiger partial charge < -0.3 is 10.1 Å². The lowest BCUT2D eigenvalue weighted by molar-refractivity contribution is -0.134. The molecule has 0 spiro atoms. The molecule has 1 aromatic carbocycles. The first kappa shape index (κ1) is 16.2. The van der Waals surface area contributed by atoms with Crippen molar-refractivity contribution < 1.29 is 14.3 Å². The third-order valence-corrected chi connectivity index (χ3v) is 4.10. The number of methoxy groups -OCH3 is 1. The number of hydrogen-bond donors (Lipinski definition) is 1. The number of ether oxygens (including phenoxy) is 1. The highest BCUT2D eigenvalue weighted by molar-refractivity contribution is 7.18. The van der Waals surface area contributed by atoms with Gasteiger partial charge in [-0.25, -0.2) is 9.78 Å². The molecule has 1 aromatic heterocycles. The van der Waals surface area contributed by atoms with Crippen LogP contribution in [0.15, 0.2) is 36.4 Å². The second kappa shape index (κ2) is 8.29. The minimum absolute atomic E-state index is 0.0318. The van der Waals surface area contributed by atoms with Gasteiger partial charge in [0, 0.05) is 19.0 Å². The standard InChI is InChI=1S/C16H18N2O3S/c1-21-16(20)10-5-11-17-14(19)8-4-9-15-18-12-6-2-3-7-13(12)22-15/h2-3,5-7,10H,4,8-9,11H2,1H3,(H,17,19)/b10-5+. The first-order valence-electron chi connectivity index (χ1n) is 7.04. The van der Waals surface area contributed by atoms with Crippen LogP contribution in [0.3, 0.4) is 0 Å². The SMILES string of the molecule is COC(=O)/C=C/CNC(=O)CCCc1nc2ccccc2s1. The van der Waals surface area contributed by atoms with Crippen molar-refractivity contribution in [3.05, 3.63) is 41.4 Å². The average molecular weight is 318 g/mol. The maximum Gasteiger partial charge on any atom is 0.330 e. The van der Waals surface area contributed by atoms with Gasteiger partial charge >= 0.3 is 5.97 Å². The van der Waals surface area contributed by atoms with Crippen molar-refractivity contribution in [2.75, 3.05) is 13.7 Å². The molecule has 6 heteroatoms. The lowest BCUT2D eigenvalue weighted by atomic mass is 10.2. The molecule has 0 radical (unpaired) electrons. The van der Waals surface area contributed by atoms with Crippen molar-refractivity contribution in [3.63, 3.8) is 0 Å². The van der Waals surface area contributed by atoms with Crippen molar-refractivity contribution in [1.82, 2.24) is 10.3 Å². The van der Waals surface area contributed by atoms with Crippen LogP contribution < -0.4 is 5.32 Å². The summed E-state index contributed by atoms with van der Waals surface area (Å²) in [4.78, 5) is 27.0. The summed E-state index contributed by atoms with van der Waals surface area (Å²) in [5.41, 5.74) is 1.01. The zero-order chi connectivity index (χ0) is 15.8. The number of fused-ring (bicyclic) bond motifs is 1. The second-order valence-corrected chi connectivity index (χ2v) is 5.77. The molecular formula is C16H18N2O3S. The summed E-state index contributed by atoms with van der Waals surface area (Å²) < 4.78 is 5.63. The molecule has 1 heterocycles. The molecule has 2 aromatic rings. The van der Waals surface area contributed by atoms with Crippen LogP contribution in [-0.2, 0) is 20.7 Å². The van der Waals surface area contributed by atoms with E-state index in [0.29, 0.717) is 13.0 Å². The highest BCUT2D eigenvalue weighted by atomic mass is 32.1. The zero-order valence-electron chi connectivity index (χ0n) is 12.4. The maximum absolute atomic E-state index is 11.6. The normalized spacial score (nSPS) is 11.0. The maximum atomic E-state index is 11.6. The molecule has 0 fully saturated rings. The van der Waals surface area contributed by atoms with Crippen LogP contribution in [0.5, 0.6) is 0 Å².